The molecular weight excluding hydrogens is 266 g/mol. The van der Waals surface area contributed by atoms with Gasteiger partial charge >= 0.3 is 6.18 Å². The van der Waals surface area contributed by atoms with Gasteiger partial charge in [0.1, 0.15) is 5.82 Å². The number of benzene rings is 1. The van der Waals surface area contributed by atoms with Crippen molar-refractivity contribution in [2.45, 2.75) is 11.1 Å². The molecule has 1 nitrogen and oxygen atoms in total. The molecule has 0 saturated carbocycles. The summed E-state index contributed by atoms with van der Waals surface area (Å²) in [6.07, 6.45) is -4.32. The fourth-order valence-electron chi connectivity index (χ4n) is 0.991. The molecule has 0 aliphatic heterocycles. The van der Waals surface area contributed by atoms with E-state index in [1.165, 1.54) is 6.07 Å². The summed E-state index contributed by atoms with van der Waals surface area (Å²) < 4.78 is 49.1. The van der Waals surface area contributed by atoms with Crippen molar-refractivity contribution in [1.29, 1.82) is 0 Å². The maximum absolute atomic E-state index is 13.2. The lowest BCUT2D eigenvalue weighted by Gasteiger charge is -2.09. The van der Waals surface area contributed by atoms with Crippen molar-refractivity contribution in [1.82, 2.24) is 0 Å². The monoisotopic (exact) mass is 273 g/mol. The Morgan fingerprint density at radius 3 is 2.50 bits per heavy atom. The maximum atomic E-state index is 13.2. The van der Waals surface area contributed by atoms with E-state index in [0.717, 1.165) is 6.07 Å². The fraction of sp³-hybridized carbons (Fsp3) is 0.333. The molecule has 1 rings (SSSR count). The van der Waals surface area contributed by atoms with E-state index in [0.29, 0.717) is 17.4 Å². The zero-order chi connectivity index (χ0) is 12.3. The predicted octanol–water partition coefficient (Wildman–Crippen LogP) is 4.18. The number of rotatable bonds is 3. The molecular formula is C9H8ClF4NS. The lowest BCUT2D eigenvalue weighted by atomic mass is 10.3. The SMILES string of the molecule is CNc1cc(SCC(F)(F)F)c(F)cc1Cl. The van der Waals surface area contributed by atoms with Gasteiger partial charge in [-0.3, -0.25) is 0 Å². The lowest BCUT2D eigenvalue weighted by Crippen LogP contribution is -2.10. The van der Waals surface area contributed by atoms with Crippen molar-refractivity contribution in [2.75, 3.05) is 18.1 Å². The summed E-state index contributed by atoms with van der Waals surface area (Å²) in [5, 5.41) is 2.80. The second-order valence-corrected chi connectivity index (χ2v) is 4.34. The van der Waals surface area contributed by atoms with Crippen LogP contribution < -0.4 is 5.32 Å². The molecule has 0 saturated heterocycles. The Labute approximate surface area is 99.2 Å². The van der Waals surface area contributed by atoms with Gasteiger partial charge in [-0.2, -0.15) is 13.2 Å². The Balaban J connectivity index is 2.88. The molecule has 0 heterocycles. The second kappa shape index (κ2) is 5.14. The van der Waals surface area contributed by atoms with Crippen LogP contribution in [0.25, 0.3) is 0 Å². The second-order valence-electron chi connectivity index (χ2n) is 2.92. The van der Waals surface area contributed by atoms with Gasteiger partial charge < -0.3 is 5.32 Å². The predicted molar refractivity (Wildman–Crippen MR) is 57.7 cm³/mol. The standard InChI is InChI=1S/C9H8ClF4NS/c1-15-7-3-8(6(11)2-5(7)10)16-4-9(12,13)14/h2-3,15H,4H2,1H3. The minimum absolute atomic E-state index is 0.0777. The molecule has 0 bridgehead atoms. The first-order valence-corrected chi connectivity index (χ1v) is 5.56. The quantitative estimate of drug-likeness (QED) is 0.655. The van der Waals surface area contributed by atoms with Gasteiger partial charge in [-0.1, -0.05) is 11.6 Å². The van der Waals surface area contributed by atoms with E-state index in [-0.39, 0.29) is 9.92 Å². The van der Waals surface area contributed by atoms with Crippen LogP contribution in [0, 0.1) is 5.82 Å². The van der Waals surface area contributed by atoms with Crippen LogP contribution in [0.3, 0.4) is 0 Å². The summed E-state index contributed by atoms with van der Waals surface area (Å²) in [7, 11) is 1.55. The molecule has 0 radical (unpaired) electrons. The van der Waals surface area contributed by atoms with E-state index in [9.17, 15) is 17.6 Å². The molecule has 0 amide bonds. The molecule has 0 aliphatic carbocycles. The Hall–Kier alpha value is -0.620. The molecule has 90 valence electrons. The Bertz CT molecular complexity index is 381. The molecule has 0 aliphatic rings. The minimum atomic E-state index is -4.32. The van der Waals surface area contributed by atoms with Crippen molar-refractivity contribution in [3.05, 3.63) is 23.0 Å². The zero-order valence-electron chi connectivity index (χ0n) is 8.16. The Morgan fingerprint density at radius 2 is 2.00 bits per heavy atom. The van der Waals surface area contributed by atoms with E-state index in [4.69, 9.17) is 11.6 Å². The maximum Gasteiger partial charge on any atom is 0.398 e. The Kier molecular flexibility index (Phi) is 4.32. The average Bonchev–Trinajstić information content (AvgIpc) is 2.15. The number of thioether (sulfide) groups is 1. The van der Waals surface area contributed by atoms with Gasteiger partial charge in [-0.25, -0.2) is 4.39 Å². The first-order chi connectivity index (χ1) is 7.33. The van der Waals surface area contributed by atoms with Crippen LogP contribution in [0.1, 0.15) is 0 Å². The highest BCUT2D eigenvalue weighted by Crippen LogP contribution is 2.33. The van der Waals surface area contributed by atoms with Crippen molar-refractivity contribution in [3.63, 3.8) is 0 Å². The largest absolute Gasteiger partial charge is 0.398 e. The van der Waals surface area contributed by atoms with E-state index in [2.05, 4.69) is 5.32 Å². The first kappa shape index (κ1) is 13.4. The molecule has 0 fully saturated rings. The molecule has 1 aromatic carbocycles. The van der Waals surface area contributed by atoms with Gasteiger partial charge in [-0.15, -0.1) is 11.8 Å². The molecule has 16 heavy (non-hydrogen) atoms. The molecule has 0 atom stereocenters. The molecule has 1 aromatic rings. The molecule has 7 heteroatoms. The summed E-state index contributed by atoms with van der Waals surface area (Å²) in [6, 6.07) is 2.25. The number of hydrogen-bond donors (Lipinski definition) is 1. The minimum Gasteiger partial charge on any atom is -0.387 e. The van der Waals surface area contributed by atoms with Crippen LogP contribution in [0.5, 0.6) is 0 Å². The molecule has 0 unspecified atom stereocenters. The number of nitrogens with one attached hydrogen (secondary N) is 1. The van der Waals surface area contributed by atoms with E-state index in [1.807, 2.05) is 0 Å². The van der Waals surface area contributed by atoms with Crippen LogP contribution >= 0.6 is 23.4 Å². The van der Waals surface area contributed by atoms with Crippen LogP contribution in [-0.4, -0.2) is 19.0 Å². The summed E-state index contributed by atoms with van der Waals surface area (Å²) in [5.41, 5.74) is 0.396. The number of halogens is 5. The fourth-order valence-corrected chi connectivity index (χ4v) is 1.95. The van der Waals surface area contributed by atoms with Gasteiger partial charge in [-0.05, 0) is 12.1 Å². The third kappa shape index (κ3) is 3.75. The van der Waals surface area contributed by atoms with Gasteiger partial charge in [0.15, 0.2) is 0 Å². The van der Waals surface area contributed by atoms with Crippen molar-refractivity contribution < 1.29 is 17.6 Å². The van der Waals surface area contributed by atoms with Gasteiger partial charge in [0, 0.05) is 11.9 Å². The highest BCUT2D eigenvalue weighted by molar-refractivity contribution is 7.99. The van der Waals surface area contributed by atoms with Gasteiger partial charge in [0.2, 0.25) is 0 Å². The Morgan fingerprint density at radius 1 is 1.38 bits per heavy atom. The molecule has 0 spiro atoms. The van der Waals surface area contributed by atoms with Crippen molar-refractivity contribution >= 4 is 29.1 Å². The summed E-state index contributed by atoms with van der Waals surface area (Å²) in [5.74, 6) is -1.88. The average molecular weight is 274 g/mol. The topological polar surface area (TPSA) is 12.0 Å². The van der Waals surface area contributed by atoms with Crippen LogP contribution in [0.4, 0.5) is 23.2 Å². The summed E-state index contributed by atoms with van der Waals surface area (Å²) in [4.78, 5) is -0.0777. The third-order valence-electron chi connectivity index (χ3n) is 1.68. The molecule has 1 N–H and O–H groups in total. The van der Waals surface area contributed by atoms with Crippen LogP contribution in [0.2, 0.25) is 5.02 Å². The van der Waals surface area contributed by atoms with Gasteiger partial charge in [0.05, 0.1) is 16.5 Å². The number of hydrogen-bond acceptors (Lipinski definition) is 2. The summed E-state index contributed by atoms with van der Waals surface area (Å²) in [6.45, 7) is 0. The first-order valence-electron chi connectivity index (χ1n) is 4.20. The zero-order valence-corrected chi connectivity index (χ0v) is 9.73. The third-order valence-corrected chi connectivity index (χ3v) is 3.09. The highest BCUT2D eigenvalue weighted by Gasteiger charge is 2.28. The van der Waals surface area contributed by atoms with E-state index < -0.39 is 17.7 Å². The normalized spacial score (nSPS) is 11.6. The lowest BCUT2D eigenvalue weighted by molar-refractivity contribution is -0.105. The highest BCUT2D eigenvalue weighted by atomic mass is 35.5. The van der Waals surface area contributed by atoms with Crippen molar-refractivity contribution in [3.8, 4) is 0 Å². The van der Waals surface area contributed by atoms with E-state index in [1.54, 1.807) is 7.05 Å². The molecule has 0 aromatic heterocycles. The number of alkyl halides is 3. The summed E-state index contributed by atoms with van der Waals surface area (Å²) >= 11 is 6.05. The number of anilines is 1. The van der Waals surface area contributed by atoms with E-state index >= 15 is 0 Å². The van der Waals surface area contributed by atoms with Gasteiger partial charge in [0.25, 0.3) is 0 Å². The smallest absolute Gasteiger partial charge is 0.387 e. The van der Waals surface area contributed by atoms with Crippen LogP contribution in [-0.2, 0) is 0 Å². The van der Waals surface area contributed by atoms with Crippen molar-refractivity contribution in [2.24, 2.45) is 0 Å². The van der Waals surface area contributed by atoms with Crippen LogP contribution in [0.15, 0.2) is 17.0 Å².